The van der Waals surface area contributed by atoms with Gasteiger partial charge in [0.05, 0.1) is 12.5 Å². The Kier molecular flexibility index (Phi) is 6.59. The zero-order chi connectivity index (χ0) is 17.4. The Morgan fingerprint density at radius 3 is 2.96 bits per heavy atom. The van der Waals surface area contributed by atoms with E-state index in [-0.39, 0.29) is 18.6 Å². The SMILES string of the molecule is CCC(CCO)NC(=O)/C=C/c1cn(CCC#N)c2ccccc12. The van der Waals surface area contributed by atoms with E-state index in [4.69, 9.17) is 10.4 Å². The zero-order valence-corrected chi connectivity index (χ0v) is 13.9. The second-order valence-corrected chi connectivity index (χ2v) is 5.66. The summed E-state index contributed by atoms with van der Waals surface area (Å²) in [5.41, 5.74) is 2.01. The van der Waals surface area contributed by atoms with Crippen LogP contribution < -0.4 is 5.32 Å². The molecule has 1 aromatic heterocycles. The lowest BCUT2D eigenvalue weighted by Crippen LogP contribution is -2.33. The van der Waals surface area contributed by atoms with Crippen molar-refractivity contribution in [3.8, 4) is 6.07 Å². The number of hydrogen-bond acceptors (Lipinski definition) is 3. The first-order valence-electron chi connectivity index (χ1n) is 8.23. The Bertz CT molecular complexity index is 756. The molecule has 0 aliphatic rings. The van der Waals surface area contributed by atoms with Gasteiger partial charge in [0.1, 0.15) is 0 Å². The van der Waals surface area contributed by atoms with Gasteiger partial charge in [-0.2, -0.15) is 5.26 Å². The molecule has 0 spiro atoms. The van der Waals surface area contributed by atoms with Gasteiger partial charge in [-0.3, -0.25) is 4.79 Å². The highest BCUT2D eigenvalue weighted by Gasteiger charge is 2.09. The second kappa shape index (κ2) is 8.90. The molecule has 0 saturated heterocycles. The summed E-state index contributed by atoms with van der Waals surface area (Å²) < 4.78 is 2.04. The summed E-state index contributed by atoms with van der Waals surface area (Å²) in [7, 11) is 0. The summed E-state index contributed by atoms with van der Waals surface area (Å²) in [6.45, 7) is 2.67. The third kappa shape index (κ3) is 4.46. The van der Waals surface area contributed by atoms with Crippen molar-refractivity contribution < 1.29 is 9.90 Å². The number of fused-ring (bicyclic) bond motifs is 1. The highest BCUT2D eigenvalue weighted by molar-refractivity contribution is 5.96. The number of amides is 1. The molecule has 1 heterocycles. The van der Waals surface area contributed by atoms with Crippen molar-refractivity contribution in [1.29, 1.82) is 5.26 Å². The lowest BCUT2D eigenvalue weighted by atomic mass is 10.1. The second-order valence-electron chi connectivity index (χ2n) is 5.66. The summed E-state index contributed by atoms with van der Waals surface area (Å²) in [4.78, 5) is 12.0. The zero-order valence-electron chi connectivity index (χ0n) is 13.9. The number of carbonyl (C=O) groups excluding carboxylic acids is 1. The fraction of sp³-hybridized carbons (Fsp3) is 0.368. The first kappa shape index (κ1) is 17.8. The van der Waals surface area contributed by atoms with Crippen molar-refractivity contribution in [3.63, 3.8) is 0 Å². The molecule has 5 heteroatoms. The number of nitrogens with one attached hydrogen (secondary N) is 1. The lowest BCUT2D eigenvalue weighted by molar-refractivity contribution is -0.117. The third-order valence-electron chi connectivity index (χ3n) is 4.01. The summed E-state index contributed by atoms with van der Waals surface area (Å²) in [5.74, 6) is -0.163. The van der Waals surface area contributed by atoms with Gasteiger partial charge in [0.25, 0.3) is 0 Å². The number of benzene rings is 1. The molecule has 1 aromatic carbocycles. The van der Waals surface area contributed by atoms with Crippen molar-refractivity contribution >= 4 is 22.9 Å². The maximum Gasteiger partial charge on any atom is 0.244 e. The fourth-order valence-electron chi connectivity index (χ4n) is 2.71. The van der Waals surface area contributed by atoms with Crippen molar-refractivity contribution in [3.05, 3.63) is 42.1 Å². The van der Waals surface area contributed by atoms with Crippen LogP contribution in [-0.2, 0) is 11.3 Å². The van der Waals surface area contributed by atoms with Crippen LogP contribution in [0.3, 0.4) is 0 Å². The number of nitrogens with zero attached hydrogens (tertiary/aromatic N) is 2. The molecule has 0 aliphatic heterocycles. The number of nitriles is 1. The van der Waals surface area contributed by atoms with E-state index in [0.717, 1.165) is 22.9 Å². The van der Waals surface area contributed by atoms with Crippen molar-refractivity contribution in [2.24, 2.45) is 0 Å². The third-order valence-corrected chi connectivity index (χ3v) is 4.01. The first-order chi connectivity index (χ1) is 11.7. The van der Waals surface area contributed by atoms with Crippen LogP contribution in [0.2, 0.25) is 0 Å². The molecule has 0 fully saturated rings. The summed E-state index contributed by atoms with van der Waals surface area (Å²) in [5, 5.41) is 21.7. The maximum absolute atomic E-state index is 12.0. The molecule has 0 bridgehead atoms. The Hall–Kier alpha value is -2.58. The summed E-state index contributed by atoms with van der Waals surface area (Å²) in [6.07, 6.45) is 7.08. The summed E-state index contributed by atoms with van der Waals surface area (Å²) >= 11 is 0. The average Bonchev–Trinajstić information content (AvgIpc) is 2.96. The van der Waals surface area contributed by atoms with E-state index in [0.29, 0.717) is 19.4 Å². The van der Waals surface area contributed by atoms with Gasteiger partial charge in [-0.15, -0.1) is 0 Å². The maximum atomic E-state index is 12.0. The topological polar surface area (TPSA) is 78.0 Å². The lowest BCUT2D eigenvalue weighted by Gasteiger charge is -2.13. The molecular weight excluding hydrogens is 302 g/mol. The Labute approximate surface area is 142 Å². The monoisotopic (exact) mass is 325 g/mol. The van der Waals surface area contributed by atoms with Crippen LogP contribution in [0.25, 0.3) is 17.0 Å². The van der Waals surface area contributed by atoms with Crippen LogP contribution in [0.15, 0.2) is 36.5 Å². The molecule has 0 aliphatic carbocycles. The number of aliphatic hydroxyl groups is 1. The quantitative estimate of drug-likeness (QED) is 0.733. The van der Waals surface area contributed by atoms with E-state index in [1.807, 2.05) is 42.0 Å². The van der Waals surface area contributed by atoms with Crippen molar-refractivity contribution in [2.75, 3.05) is 6.61 Å². The van der Waals surface area contributed by atoms with Crippen molar-refractivity contribution in [2.45, 2.75) is 38.8 Å². The van der Waals surface area contributed by atoms with Crippen LogP contribution in [0.1, 0.15) is 31.7 Å². The molecule has 5 nitrogen and oxygen atoms in total. The number of hydrogen-bond donors (Lipinski definition) is 2. The van der Waals surface area contributed by atoms with Gasteiger partial charge in [0.2, 0.25) is 5.91 Å². The Morgan fingerprint density at radius 2 is 2.25 bits per heavy atom. The van der Waals surface area contributed by atoms with Crippen LogP contribution in [0.4, 0.5) is 0 Å². The normalized spacial score (nSPS) is 12.4. The fourth-order valence-corrected chi connectivity index (χ4v) is 2.71. The summed E-state index contributed by atoms with van der Waals surface area (Å²) in [6, 6.07) is 10.1. The van der Waals surface area contributed by atoms with Gasteiger partial charge < -0.3 is 15.0 Å². The molecular formula is C19H23N3O2. The molecule has 2 rings (SSSR count). The van der Waals surface area contributed by atoms with Gasteiger partial charge in [-0.25, -0.2) is 0 Å². The Morgan fingerprint density at radius 1 is 1.46 bits per heavy atom. The molecule has 126 valence electrons. The number of aryl methyl sites for hydroxylation is 1. The molecule has 24 heavy (non-hydrogen) atoms. The minimum Gasteiger partial charge on any atom is -0.396 e. The number of carbonyl (C=O) groups is 1. The number of rotatable bonds is 8. The van der Waals surface area contributed by atoms with Crippen molar-refractivity contribution in [1.82, 2.24) is 9.88 Å². The number of aromatic nitrogens is 1. The molecule has 1 amide bonds. The van der Waals surface area contributed by atoms with Gasteiger partial charge >= 0.3 is 0 Å². The van der Waals surface area contributed by atoms with Crippen LogP contribution in [0, 0.1) is 11.3 Å². The first-order valence-corrected chi connectivity index (χ1v) is 8.23. The van der Waals surface area contributed by atoms with Crippen LogP contribution in [0.5, 0.6) is 0 Å². The van der Waals surface area contributed by atoms with Gasteiger partial charge in [0.15, 0.2) is 0 Å². The van der Waals surface area contributed by atoms with E-state index in [1.54, 1.807) is 6.08 Å². The van der Waals surface area contributed by atoms with E-state index in [1.165, 1.54) is 6.08 Å². The molecule has 0 radical (unpaired) electrons. The van der Waals surface area contributed by atoms with E-state index in [2.05, 4.69) is 11.4 Å². The van der Waals surface area contributed by atoms with E-state index < -0.39 is 0 Å². The molecule has 2 aromatic rings. The molecule has 0 saturated carbocycles. The largest absolute Gasteiger partial charge is 0.396 e. The minimum absolute atomic E-state index is 0.0101. The van der Waals surface area contributed by atoms with Gasteiger partial charge in [0, 0.05) is 47.9 Å². The van der Waals surface area contributed by atoms with Gasteiger partial charge in [-0.05, 0) is 25.0 Å². The average molecular weight is 325 g/mol. The Balaban J connectivity index is 2.17. The van der Waals surface area contributed by atoms with Gasteiger partial charge in [-0.1, -0.05) is 25.1 Å². The highest BCUT2D eigenvalue weighted by Crippen LogP contribution is 2.22. The number of para-hydroxylation sites is 1. The predicted octanol–water partition coefficient (Wildman–Crippen LogP) is 2.85. The number of aliphatic hydroxyl groups excluding tert-OH is 1. The van der Waals surface area contributed by atoms with E-state index >= 15 is 0 Å². The molecule has 1 unspecified atom stereocenters. The van der Waals surface area contributed by atoms with Crippen LogP contribution >= 0.6 is 0 Å². The standard InChI is InChI=1S/C19H23N3O2/c1-2-16(10-13-23)21-19(24)9-8-15-14-22(12-5-11-20)18-7-4-3-6-17(15)18/h3-4,6-9,14,16,23H,2,5,10,12-13H2,1H3,(H,21,24)/b9-8+. The van der Waals surface area contributed by atoms with Crippen LogP contribution in [-0.4, -0.2) is 28.2 Å². The highest BCUT2D eigenvalue weighted by atomic mass is 16.3. The molecule has 2 N–H and O–H groups in total. The van der Waals surface area contributed by atoms with E-state index in [9.17, 15) is 4.79 Å². The minimum atomic E-state index is -0.163. The predicted molar refractivity (Wildman–Crippen MR) is 95.1 cm³/mol. The smallest absolute Gasteiger partial charge is 0.244 e. The molecule has 1 atom stereocenters.